The van der Waals surface area contributed by atoms with Crippen LogP contribution in [-0.4, -0.2) is 12.6 Å². The molecular formula is C19H31NO. The van der Waals surface area contributed by atoms with E-state index in [9.17, 15) is 0 Å². The van der Waals surface area contributed by atoms with Crippen LogP contribution < -0.4 is 10.1 Å². The molecule has 1 aliphatic rings. The highest BCUT2D eigenvalue weighted by atomic mass is 16.5. The molecule has 118 valence electrons. The molecule has 0 amide bonds. The second-order valence-electron chi connectivity index (χ2n) is 6.77. The van der Waals surface area contributed by atoms with E-state index in [0.29, 0.717) is 12.1 Å². The van der Waals surface area contributed by atoms with E-state index in [2.05, 4.69) is 57.3 Å². The second kappa shape index (κ2) is 7.84. The maximum absolute atomic E-state index is 5.65. The van der Waals surface area contributed by atoms with Crippen molar-refractivity contribution in [1.29, 1.82) is 0 Å². The lowest BCUT2D eigenvalue weighted by Crippen LogP contribution is -2.37. The molecule has 4 unspecified atom stereocenters. The quantitative estimate of drug-likeness (QED) is 0.800. The molecule has 1 N–H and O–H groups in total. The number of benzene rings is 1. The summed E-state index contributed by atoms with van der Waals surface area (Å²) in [5.74, 6) is 2.70. The molecule has 4 atom stereocenters. The summed E-state index contributed by atoms with van der Waals surface area (Å²) in [6.07, 6.45) is 5.03. The van der Waals surface area contributed by atoms with Gasteiger partial charge in [0, 0.05) is 12.1 Å². The van der Waals surface area contributed by atoms with Crippen molar-refractivity contribution in [2.24, 2.45) is 11.8 Å². The number of ether oxygens (including phenoxy) is 1. The average Bonchev–Trinajstić information content (AvgIpc) is 2.49. The SMILES string of the molecule is CCCOc1ccc(C(C)NC2CCC(C)C(C)C2)cc1. The molecule has 2 heteroatoms. The van der Waals surface area contributed by atoms with Gasteiger partial charge < -0.3 is 10.1 Å². The van der Waals surface area contributed by atoms with Crippen LogP contribution in [0.2, 0.25) is 0 Å². The molecule has 0 radical (unpaired) electrons. The highest BCUT2D eigenvalue weighted by Gasteiger charge is 2.25. The molecule has 0 heterocycles. The van der Waals surface area contributed by atoms with Gasteiger partial charge >= 0.3 is 0 Å². The van der Waals surface area contributed by atoms with E-state index in [0.717, 1.165) is 30.6 Å². The summed E-state index contributed by atoms with van der Waals surface area (Å²) in [7, 11) is 0. The Bertz CT molecular complexity index is 414. The van der Waals surface area contributed by atoms with Gasteiger partial charge in [0.05, 0.1) is 6.61 Å². The molecule has 2 rings (SSSR count). The van der Waals surface area contributed by atoms with E-state index in [1.54, 1.807) is 0 Å². The minimum Gasteiger partial charge on any atom is -0.494 e. The maximum Gasteiger partial charge on any atom is 0.119 e. The topological polar surface area (TPSA) is 21.3 Å². The fraction of sp³-hybridized carbons (Fsp3) is 0.684. The molecule has 21 heavy (non-hydrogen) atoms. The lowest BCUT2D eigenvalue weighted by atomic mass is 9.79. The predicted octanol–water partition coefficient (Wildman–Crippen LogP) is 4.95. The van der Waals surface area contributed by atoms with Crippen LogP contribution in [-0.2, 0) is 0 Å². The Morgan fingerprint density at radius 2 is 1.86 bits per heavy atom. The fourth-order valence-electron chi connectivity index (χ4n) is 3.22. The standard InChI is InChI=1S/C19H31NO/c1-5-12-21-19-10-7-17(8-11-19)16(4)20-18-9-6-14(2)15(3)13-18/h7-8,10-11,14-16,18,20H,5-6,9,12-13H2,1-4H3. The molecule has 1 saturated carbocycles. The van der Waals surface area contributed by atoms with Crippen LogP contribution in [0.5, 0.6) is 5.75 Å². The molecule has 0 aliphatic heterocycles. The Labute approximate surface area is 130 Å². The van der Waals surface area contributed by atoms with Gasteiger partial charge in [0.2, 0.25) is 0 Å². The van der Waals surface area contributed by atoms with Crippen LogP contribution in [0.3, 0.4) is 0 Å². The van der Waals surface area contributed by atoms with Crippen molar-refractivity contribution >= 4 is 0 Å². The molecule has 1 aromatic carbocycles. The van der Waals surface area contributed by atoms with E-state index in [-0.39, 0.29) is 0 Å². The van der Waals surface area contributed by atoms with E-state index < -0.39 is 0 Å². The van der Waals surface area contributed by atoms with Crippen molar-refractivity contribution < 1.29 is 4.74 Å². The third kappa shape index (κ3) is 4.74. The largest absolute Gasteiger partial charge is 0.494 e. The predicted molar refractivity (Wildman–Crippen MR) is 89.7 cm³/mol. The van der Waals surface area contributed by atoms with Gasteiger partial charge in [-0.2, -0.15) is 0 Å². The molecule has 1 fully saturated rings. The monoisotopic (exact) mass is 289 g/mol. The van der Waals surface area contributed by atoms with Gasteiger partial charge in [0.15, 0.2) is 0 Å². The number of rotatable bonds is 6. The molecule has 0 saturated heterocycles. The molecule has 2 nitrogen and oxygen atoms in total. The number of nitrogens with one attached hydrogen (secondary N) is 1. The zero-order valence-electron chi connectivity index (χ0n) is 14.1. The van der Waals surface area contributed by atoms with E-state index in [1.807, 2.05) is 0 Å². The van der Waals surface area contributed by atoms with Crippen LogP contribution in [0.15, 0.2) is 24.3 Å². The maximum atomic E-state index is 5.65. The second-order valence-corrected chi connectivity index (χ2v) is 6.77. The van der Waals surface area contributed by atoms with Crippen LogP contribution in [0.1, 0.15) is 65.0 Å². The smallest absolute Gasteiger partial charge is 0.119 e. The van der Waals surface area contributed by atoms with Crippen molar-refractivity contribution in [3.63, 3.8) is 0 Å². The first-order chi connectivity index (χ1) is 10.1. The summed E-state index contributed by atoms with van der Waals surface area (Å²) in [5, 5.41) is 3.81. The molecule has 0 spiro atoms. The van der Waals surface area contributed by atoms with Crippen LogP contribution in [0.25, 0.3) is 0 Å². The first kappa shape index (κ1) is 16.4. The highest BCUT2D eigenvalue weighted by Crippen LogP contribution is 2.30. The Hall–Kier alpha value is -1.02. The number of hydrogen-bond donors (Lipinski definition) is 1. The van der Waals surface area contributed by atoms with Crippen LogP contribution >= 0.6 is 0 Å². The van der Waals surface area contributed by atoms with Gasteiger partial charge in [0.1, 0.15) is 5.75 Å². The van der Waals surface area contributed by atoms with Crippen molar-refractivity contribution in [3.8, 4) is 5.75 Å². The van der Waals surface area contributed by atoms with Gasteiger partial charge in [-0.15, -0.1) is 0 Å². The Morgan fingerprint density at radius 3 is 2.48 bits per heavy atom. The van der Waals surface area contributed by atoms with E-state index in [4.69, 9.17) is 4.74 Å². The highest BCUT2D eigenvalue weighted by molar-refractivity contribution is 5.29. The van der Waals surface area contributed by atoms with E-state index >= 15 is 0 Å². The van der Waals surface area contributed by atoms with Gasteiger partial charge in [-0.1, -0.05) is 32.9 Å². The summed E-state index contributed by atoms with van der Waals surface area (Å²) in [4.78, 5) is 0. The minimum atomic E-state index is 0.413. The molecule has 1 aromatic rings. The van der Waals surface area contributed by atoms with Gasteiger partial charge in [-0.3, -0.25) is 0 Å². The van der Waals surface area contributed by atoms with Gasteiger partial charge in [-0.05, 0) is 62.1 Å². The zero-order chi connectivity index (χ0) is 15.2. The lowest BCUT2D eigenvalue weighted by Gasteiger charge is -2.34. The Balaban J connectivity index is 1.86. The van der Waals surface area contributed by atoms with Crippen molar-refractivity contribution in [3.05, 3.63) is 29.8 Å². The summed E-state index contributed by atoms with van der Waals surface area (Å²) in [6.45, 7) is 9.98. The normalized spacial score (nSPS) is 27.3. The van der Waals surface area contributed by atoms with Crippen molar-refractivity contribution in [1.82, 2.24) is 5.32 Å². The first-order valence-corrected chi connectivity index (χ1v) is 8.59. The third-order valence-corrected chi connectivity index (χ3v) is 4.94. The molecule has 1 aliphatic carbocycles. The van der Waals surface area contributed by atoms with Crippen LogP contribution in [0, 0.1) is 11.8 Å². The summed E-state index contributed by atoms with van der Waals surface area (Å²) in [6, 6.07) is 9.65. The summed E-state index contributed by atoms with van der Waals surface area (Å²) < 4.78 is 5.65. The number of hydrogen-bond acceptors (Lipinski definition) is 2. The fourth-order valence-corrected chi connectivity index (χ4v) is 3.22. The zero-order valence-corrected chi connectivity index (χ0v) is 14.1. The molecule has 0 aromatic heterocycles. The summed E-state index contributed by atoms with van der Waals surface area (Å²) in [5.41, 5.74) is 1.35. The Morgan fingerprint density at radius 1 is 1.14 bits per heavy atom. The minimum absolute atomic E-state index is 0.413. The third-order valence-electron chi connectivity index (χ3n) is 4.94. The first-order valence-electron chi connectivity index (χ1n) is 8.59. The Kier molecular flexibility index (Phi) is 6.10. The van der Waals surface area contributed by atoms with Crippen molar-refractivity contribution in [2.75, 3.05) is 6.61 Å². The lowest BCUT2D eigenvalue weighted by molar-refractivity contribution is 0.217. The van der Waals surface area contributed by atoms with Crippen molar-refractivity contribution in [2.45, 2.75) is 65.5 Å². The average molecular weight is 289 g/mol. The molecular weight excluding hydrogens is 258 g/mol. The summed E-state index contributed by atoms with van der Waals surface area (Å²) >= 11 is 0. The van der Waals surface area contributed by atoms with Gasteiger partial charge in [0.25, 0.3) is 0 Å². The van der Waals surface area contributed by atoms with Gasteiger partial charge in [-0.25, -0.2) is 0 Å². The van der Waals surface area contributed by atoms with E-state index in [1.165, 1.54) is 24.8 Å². The molecule has 0 bridgehead atoms. The van der Waals surface area contributed by atoms with Crippen LogP contribution in [0.4, 0.5) is 0 Å².